The summed E-state index contributed by atoms with van der Waals surface area (Å²) < 4.78 is 7.52. The molecule has 1 saturated carbocycles. The van der Waals surface area contributed by atoms with Crippen LogP contribution in [0.5, 0.6) is 0 Å². The lowest BCUT2D eigenvalue weighted by Crippen LogP contribution is -2.21. The maximum Gasteiger partial charge on any atom is 0.249 e. The summed E-state index contributed by atoms with van der Waals surface area (Å²) in [6.45, 7) is 1.84. The predicted molar refractivity (Wildman–Crippen MR) is 113 cm³/mol. The fourth-order valence-corrected chi connectivity index (χ4v) is 4.42. The smallest absolute Gasteiger partial charge is 0.249 e. The van der Waals surface area contributed by atoms with Gasteiger partial charge < -0.3 is 15.2 Å². The molecule has 8 nitrogen and oxygen atoms in total. The van der Waals surface area contributed by atoms with Gasteiger partial charge in [0, 0.05) is 29.4 Å². The van der Waals surface area contributed by atoms with Crippen LogP contribution in [0.3, 0.4) is 0 Å². The number of primary amides is 1. The number of carbonyl (C=O) groups is 1. The number of carbonyl (C=O) groups excluding carboxylic acids is 1. The number of amides is 1. The van der Waals surface area contributed by atoms with Crippen molar-refractivity contribution >= 4 is 39.9 Å². The van der Waals surface area contributed by atoms with E-state index in [0.29, 0.717) is 39.3 Å². The summed E-state index contributed by atoms with van der Waals surface area (Å²) in [4.78, 5) is 24.0. The monoisotopic (exact) mass is 422 g/mol. The maximum atomic E-state index is 12.3. The number of imidazole rings is 1. The summed E-state index contributed by atoms with van der Waals surface area (Å²) >= 11 is 6.23. The van der Waals surface area contributed by atoms with Crippen molar-refractivity contribution in [1.29, 1.82) is 0 Å². The molecule has 1 aromatic carbocycles. The van der Waals surface area contributed by atoms with Crippen LogP contribution in [0.2, 0.25) is 5.02 Å². The molecule has 1 aliphatic heterocycles. The van der Waals surface area contributed by atoms with Crippen LogP contribution < -0.4 is 10.6 Å². The Labute approximate surface area is 176 Å². The second kappa shape index (κ2) is 6.43. The van der Waals surface area contributed by atoms with Crippen LogP contribution in [0.1, 0.15) is 47.8 Å². The molecule has 2 N–H and O–H groups in total. The highest BCUT2D eigenvalue weighted by atomic mass is 35.5. The van der Waals surface area contributed by atoms with Crippen LogP contribution in [-0.4, -0.2) is 38.5 Å². The zero-order valence-electron chi connectivity index (χ0n) is 16.1. The van der Waals surface area contributed by atoms with Gasteiger partial charge in [-0.15, -0.1) is 0 Å². The number of rotatable bonds is 4. The average molecular weight is 423 g/mol. The highest BCUT2D eigenvalue weighted by Crippen LogP contribution is 2.40. The standard InChI is InChI=1S/C21H19ClN6O2/c22-12-5-6-15-13(9-12)14(18(23)29)10-16-17(19-25-20(30-26-19)11-3-4-11)24-21(28(15)16)27-7-1-2-8-27/h5-6,9-11H,1-4,7-8H2,(H2,23,29). The van der Waals surface area contributed by atoms with Gasteiger partial charge in [0.1, 0.15) is 5.69 Å². The third-order valence-corrected chi connectivity index (χ3v) is 6.14. The molecule has 9 heteroatoms. The number of halogens is 1. The van der Waals surface area contributed by atoms with Crippen LogP contribution in [0.25, 0.3) is 27.9 Å². The average Bonchev–Trinajstić information content (AvgIpc) is 3.13. The van der Waals surface area contributed by atoms with E-state index in [2.05, 4.69) is 15.0 Å². The molecule has 2 aliphatic rings. The number of nitrogens with zero attached hydrogens (tertiary/aromatic N) is 5. The van der Waals surface area contributed by atoms with Crippen molar-refractivity contribution in [3.05, 3.63) is 40.7 Å². The number of nitrogens with two attached hydrogens (primary N) is 1. The molecule has 1 amide bonds. The number of pyridine rings is 1. The van der Waals surface area contributed by atoms with Crippen LogP contribution in [0.15, 0.2) is 28.8 Å². The molecule has 1 saturated heterocycles. The first kappa shape index (κ1) is 17.7. The van der Waals surface area contributed by atoms with E-state index in [0.717, 1.165) is 55.8 Å². The van der Waals surface area contributed by atoms with Crippen LogP contribution in [0.4, 0.5) is 5.95 Å². The lowest BCUT2D eigenvalue weighted by atomic mass is 10.1. The van der Waals surface area contributed by atoms with Crippen molar-refractivity contribution in [2.24, 2.45) is 5.73 Å². The molecular formula is C21H19ClN6O2. The van der Waals surface area contributed by atoms with Crippen LogP contribution >= 0.6 is 11.6 Å². The Morgan fingerprint density at radius 3 is 2.67 bits per heavy atom. The number of benzene rings is 1. The Morgan fingerprint density at radius 2 is 1.93 bits per heavy atom. The fourth-order valence-electron chi connectivity index (χ4n) is 4.25. The number of anilines is 1. The van der Waals surface area contributed by atoms with Gasteiger partial charge in [0.05, 0.1) is 16.6 Å². The number of hydrogen-bond donors (Lipinski definition) is 1. The summed E-state index contributed by atoms with van der Waals surface area (Å²) in [5, 5.41) is 5.42. The second-order valence-electron chi connectivity index (χ2n) is 7.99. The van der Waals surface area contributed by atoms with E-state index in [4.69, 9.17) is 26.8 Å². The molecular weight excluding hydrogens is 404 g/mol. The molecule has 0 radical (unpaired) electrons. The SMILES string of the molecule is NC(=O)c1cc2c(-c3noc(C4CC4)n3)nc(N3CCCC3)n2c2ccc(Cl)cc12. The van der Waals surface area contributed by atoms with Crippen LogP contribution in [-0.2, 0) is 0 Å². The van der Waals surface area contributed by atoms with Gasteiger partial charge in [0.2, 0.25) is 23.6 Å². The quantitative estimate of drug-likeness (QED) is 0.537. The minimum atomic E-state index is -0.522. The molecule has 0 atom stereocenters. The molecule has 0 bridgehead atoms. The first-order valence-electron chi connectivity index (χ1n) is 10.1. The fraction of sp³-hybridized carbons (Fsp3) is 0.333. The van der Waals surface area contributed by atoms with Gasteiger partial charge in [-0.1, -0.05) is 16.8 Å². The van der Waals surface area contributed by atoms with E-state index in [1.807, 2.05) is 10.5 Å². The second-order valence-corrected chi connectivity index (χ2v) is 8.43. The minimum absolute atomic E-state index is 0.349. The van der Waals surface area contributed by atoms with Crippen LogP contribution in [0, 0.1) is 0 Å². The van der Waals surface area contributed by atoms with Crippen molar-refractivity contribution in [1.82, 2.24) is 19.5 Å². The van der Waals surface area contributed by atoms with E-state index in [-0.39, 0.29) is 0 Å². The van der Waals surface area contributed by atoms with E-state index >= 15 is 0 Å². The zero-order valence-corrected chi connectivity index (χ0v) is 16.9. The van der Waals surface area contributed by atoms with E-state index in [1.54, 1.807) is 18.2 Å². The summed E-state index contributed by atoms with van der Waals surface area (Å²) in [6.07, 6.45) is 4.37. The zero-order chi connectivity index (χ0) is 20.4. The summed E-state index contributed by atoms with van der Waals surface area (Å²) in [5.41, 5.74) is 8.24. The number of hydrogen-bond acceptors (Lipinski definition) is 6. The van der Waals surface area contributed by atoms with Crippen molar-refractivity contribution in [2.45, 2.75) is 31.6 Å². The first-order chi connectivity index (χ1) is 14.6. The molecule has 30 heavy (non-hydrogen) atoms. The van der Waals surface area contributed by atoms with E-state index in [9.17, 15) is 4.79 Å². The van der Waals surface area contributed by atoms with Gasteiger partial charge >= 0.3 is 0 Å². The molecule has 4 heterocycles. The third kappa shape index (κ3) is 2.67. The Balaban J connectivity index is 1.68. The predicted octanol–water partition coefficient (Wildman–Crippen LogP) is 3.77. The van der Waals surface area contributed by atoms with Gasteiger partial charge in [-0.2, -0.15) is 4.98 Å². The molecule has 3 aromatic heterocycles. The van der Waals surface area contributed by atoms with Gasteiger partial charge in [0.15, 0.2) is 0 Å². The van der Waals surface area contributed by atoms with Gasteiger partial charge in [-0.25, -0.2) is 4.98 Å². The summed E-state index contributed by atoms with van der Waals surface area (Å²) in [5.74, 6) is 1.72. The molecule has 1 aliphatic carbocycles. The lowest BCUT2D eigenvalue weighted by molar-refractivity contribution is 0.100. The normalized spacial score (nSPS) is 16.8. The van der Waals surface area contributed by atoms with E-state index < -0.39 is 5.91 Å². The Bertz CT molecular complexity index is 1320. The Hall–Kier alpha value is -3.13. The minimum Gasteiger partial charge on any atom is -0.366 e. The molecule has 6 rings (SSSR count). The van der Waals surface area contributed by atoms with Gasteiger partial charge in [-0.3, -0.25) is 9.20 Å². The first-order valence-corrected chi connectivity index (χ1v) is 10.5. The topological polar surface area (TPSA) is 103 Å². The summed E-state index contributed by atoms with van der Waals surface area (Å²) in [7, 11) is 0. The highest BCUT2D eigenvalue weighted by Gasteiger charge is 2.31. The summed E-state index contributed by atoms with van der Waals surface area (Å²) in [6, 6.07) is 7.23. The molecule has 0 unspecified atom stereocenters. The Kier molecular flexibility index (Phi) is 3.80. The molecule has 4 aromatic rings. The highest BCUT2D eigenvalue weighted by molar-refractivity contribution is 6.31. The lowest BCUT2D eigenvalue weighted by Gasteiger charge is -2.17. The largest absolute Gasteiger partial charge is 0.366 e. The third-order valence-electron chi connectivity index (χ3n) is 5.90. The molecule has 0 spiro atoms. The van der Waals surface area contributed by atoms with Crippen molar-refractivity contribution in [3.63, 3.8) is 0 Å². The number of aromatic nitrogens is 4. The molecule has 152 valence electrons. The Morgan fingerprint density at radius 1 is 1.13 bits per heavy atom. The van der Waals surface area contributed by atoms with Gasteiger partial charge in [0.25, 0.3) is 0 Å². The van der Waals surface area contributed by atoms with Crippen molar-refractivity contribution in [2.75, 3.05) is 18.0 Å². The number of fused-ring (bicyclic) bond motifs is 3. The van der Waals surface area contributed by atoms with Crippen molar-refractivity contribution in [3.8, 4) is 11.5 Å². The van der Waals surface area contributed by atoms with Gasteiger partial charge in [-0.05, 0) is 49.9 Å². The van der Waals surface area contributed by atoms with E-state index in [1.165, 1.54) is 0 Å². The maximum absolute atomic E-state index is 12.3. The van der Waals surface area contributed by atoms with Crippen molar-refractivity contribution < 1.29 is 9.32 Å². The molecule has 2 fully saturated rings.